The first-order valence-corrected chi connectivity index (χ1v) is 8.10. The number of halogens is 3. The van der Waals surface area contributed by atoms with Gasteiger partial charge in [0.05, 0.1) is 12.2 Å². The van der Waals surface area contributed by atoms with Crippen LogP contribution in [0.4, 0.5) is 13.2 Å². The van der Waals surface area contributed by atoms with Gasteiger partial charge in [-0.1, -0.05) is 18.2 Å². The largest absolute Gasteiger partial charge is 0.494 e. The van der Waals surface area contributed by atoms with Crippen LogP contribution >= 0.6 is 0 Å². The highest BCUT2D eigenvalue weighted by Gasteiger charge is 2.29. The van der Waals surface area contributed by atoms with Crippen molar-refractivity contribution in [3.63, 3.8) is 0 Å². The number of ether oxygens (including phenoxy) is 1. The van der Waals surface area contributed by atoms with Crippen molar-refractivity contribution in [1.82, 2.24) is 0 Å². The molecule has 0 spiro atoms. The van der Waals surface area contributed by atoms with Gasteiger partial charge in [0, 0.05) is 12.0 Å². The van der Waals surface area contributed by atoms with Gasteiger partial charge < -0.3 is 9.84 Å². The lowest BCUT2D eigenvalue weighted by Crippen LogP contribution is -2.04. The molecule has 0 fully saturated rings. The minimum atomic E-state index is -4.39. The van der Waals surface area contributed by atoms with E-state index in [1.807, 2.05) is 0 Å². The van der Waals surface area contributed by atoms with Crippen molar-refractivity contribution in [1.29, 1.82) is 0 Å². The first-order valence-electron chi connectivity index (χ1n) is 8.10. The molecule has 0 saturated heterocycles. The Balaban J connectivity index is 1.91. The third-order valence-electron chi connectivity index (χ3n) is 3.61. The topological polar surface area (TPSA) is 63.6 Å². The van der Waals surface area contributed by atoms with Gasteiger partial charge in [0.2, 0.25) is 0 Å². The Morgan fingerprint density at radius 1 is 1.00 bits per heavy atom. The third-order valence-corrected chi connectivity index (χ3v) is 3.61. The summed E-state index contributed by atoms with van der Waals surface area (Å²) in [5.41, 5.74) is 0.135. The van der Waals surface area contributed by atoms with Crippen molar-refractivity contribution in [2.75, 3.05) is 6.61 Å². The number of ketones is 1. The fourth-order valence-electron chi connectivity index (χ4n) is 2.18. The quantitative estimate of drug-likeness (QED) is 0.405. The second kappa shape index (κ2) is 9.02. The molecule has 0 amide bonds. The summed E-state index contributed by atoms with van der Waals surface area (Å²) >= 11 is 0. The maximum atomic E-state index is 12.5. The minimum Gasteiger partial charge on any atom is -0.494 e. The number of carboxylic acids is 1. The molecule has 0 atom stereocenters. The Labute approximate surface area is 153 Å². The van der Waals surface area contributed by atoms with E-state index >= 15 is 0 Å². The number of aliphatic carboxylic acids is 1. The molecule has 27 heavy (non-hydrogen) atoms. The molecule has 0 bridgehead atoms. The zero-order chi connectivity index (χ0) is 19.9. The van der Waals surface area contributed by atoms with E-state index in [1.165, 1.54) is 24.3 Å². The number of carboxylic acid groups (broad SMARTS) is 1. The highest BCUT2D eigenvalue weighted by atomic mass is 19.4. The number of carbonyl (C=O) groups is 2. The highest BCUT2D eigenvalue weighted by Crippen LogP contribution is 2.29. The van der Waals surface area contributed by atoms with Crippen LogP contribution in [0.5, 0.6) is 5.75 Å². The molecule has 2 aromatic rings. The molecule has 0 aromatic heterocycles. The van der Waals surface area contributed by atoms with Gasteiger partial charge in [-0.25, -0.2) is 0 Å². The van der Waals surface area contributed by atoms with Crippen LogP contribution in [-0.4, -0.2) is 23.5 Å². The maximum absolute atomic E-state index is 12.5. The van der Waals surface area contributed by atoms with Crippen LogP contribution in [0.25, 0.3) is 6.08 Å². The number of hydrogen-bond donors (Lipinski definition) is 1. The molecule has 0 aliphatic rings. The second-order valence-corrected chi connectivity index (χ2v) is 5.69. The van der Waals surface area contributed by atoms with Crippen LogP contribution in [0.3, 0.4) is 0 Å². The van der Waals surface area contributed by atoms with E-state index in [2.05, 4.69) is 0 Å². The number of allylic oxidation sites excluding steroid dienone is 1. The molecular formula is C20H17F3O4. The predicted octanol–water partition coefficient (Wildman–Crippen LogP) is 4.85. The molecular weight excluding hydrogens is 361 g/mol. The van der Waals surface area contributed by atoms with Gasteiger partial charge in [-0.05, 0) is 54.5 Å². The molecule has 1 N–H and O–H groups in total. The highest BCUT2D eigenvalue weighted by molar-refractivity contribution is 6.06. The average Bonchev–Trinajstić information content (AvgIpc) is 2.63. The molecule has 4 nitrogen and oxygen atoms in total. The molecule has 2 rings (SSSR count). The van der Waals surface area contributed by atoms with Gasteiger partial charge in [-0.2, -0.15) is 13.2 Å². The third kappa shape index (κ3) is 6.62. The summed E-state index contributed by atoms with van der Waals surface area (Å²) in [6, 6.07) is 10.8. The van der Waals surface area contributed by atoms with E-state index < -0.39 is 17.7 Å². The number of alkyl halides is 3. The van der Waals surface area contributed by atoms with Crippen molar-refractivity contribution >= 4 is 17.8 Å². The molecule has 0 heterocycles. The van der Waals surface area contributed by atoms with Crippen LogP contribution in [0.1, 0.15) is 34.3 Å². The fourth-order valence-corrected chi connectivity index (χ4v) is 2.18. The molecule has 2 aromatic carbocycles. The van der Waals surface area contributed by atoms with Crippen LogP contribution < -0.4 is 4.74 Å². The lowest BCUT2D eigenvalue weighted by Gasteiger charge is -2.06. The number of hydrogen-bond acceptors (Lipinski definition) is 3. The van der Waals surface area contributed by atoms with Gasteiger partial charge in [-0.3, -0.25) is 9.59 Å². The Kier molecular flexibility index (Phi) is 6.76. The van der Waals surface area contributed by atoms with Crippen molar-refractivity contribution < 1.29 is 32.6 Å². The Hall–Kier alpha value is -3.09. The van der Waals surface area contributed by atoms with Gasteiger partial charge in [0.15, 0.2) is 5.78 Å². The zero-order valence-corrected chi connectivity index (χ0v) is 14.2. The van der Waals surface area contributed by atoms with Gasteiger partial charge in [0.1, 0.15) is 5.75 Å². The van der Waals surface area contributed by atoms with E-state index in [9.17, 15) is 22.8 Å². The lowest BCUT2D eigenvalue weighted by atomic mass is 10.1. The van der Waals surface area contributed by atoms with Crippen molar-refractivity contribution in [3.8, 4) is 5.75 Å². The second-order valence-electron chi connectivity index (χ2n) is 5.69. The number of carbonyl (C=O) groups excluding carboxylic acids is 1. The van der Waals surface area contributed by atoms with E-state index in [0.717, 1.165) is 12.1 Å². The van der Waals surface area contributed by atoms with Crippen molar-refractivity contribution in [2.45, 2.75) is 19.0 Å². The molecule has 7 heteroatoms. The fraction of sp³-hybridized carbons (Fsp3) is 0.200. The van der Waals surface area contributed by atoms with E-state index in [-0.39, 0.29) is 18.8 Å². The van der Waals surface area contributed by atoms with Crippen LogP contribution in [0, 0.1) is 0 Å². The summed E-state index contributed by atoms with van der Waals surface area (Å²) < 4.78 is 42.9. The first kappa shape index (κ1) is 20.2. The lowest BCUT2D eigenvalue weighted by molar-refractivity contribution is -0.138. The summed E-state index contributed by atoms with van der Waals surface area (Å²) in [5, 5.41) is 8.54. The SMILES string of the molecule is O=C(O)CCCOc1ccc(C(=O)/C=C/c2ccc(C(F)(F)F)cc2)cc1. The van der Waals surface area contributed by atoms with E-state index in [1.54, 1.807) is 24.3 Å². The Morgan fingerprint density at radius 3 is 2.19 bits per heavy atom. The Morgan fingerprint density at radius 2 is 1.63 bits per heavy atom. The zero-order valence-electron chi connectivity index (χ0n) is 14.2. The van der Waals surface area contributed by atoms with E-state index in [0.29, 0.717) is 23.3 Å². The number of benzene rings is 2. The smallest absolute Gasteiger partial charge is 0.416 e. The summed E-state index contributed by atoms with van der Waals surface area (Å²) in [5.74, 6) is -0.671. The normalized spacial score (nSPS) is 11.5. The van der Waals surface area contributed by atoms with Crippen molar-refractivity contribution in [3.05, 3.63) is 71.3 Å². The molecule has 0 saturated carbocycles. The van der Waals surface area contributed by atoms with Crippen LogP contribution in [0.15, 0.2) is 54.6 Å². The molecule has 0 unspecified atom stereocenters. The summed E-state index contributed by atoms with van der Waals surface area (Å²) in [7, 11) is 0. The van der Waals surface area contributed by atoms with Gasteiger partial charge in [0.25, 0.3) is 0 Å². The number of rotatable bonds is 8. The van der Waals surface area contributed by atoms with Crippen molar-refractivity contribution in [2.24, 2.45) is 0 Å². The minimum absolute atomic E-state index is 0.0192. The van der Waals surface area contributed by atoms with Crippen LogP contribution in [-0.2, 0) is 11.0 Å². The summed E-state index contributed by atoms with van der Waals surface area (Å²) in [6.45, 7) is 0.257. The van der Waals surface area contributed by atoms with E-state index in [4.69, 9.17) is 9.84 Å². The molecule has 142 valence electrons. The first-order chi connectivity index (χ1) is 12.8. The monoisotopic (exact) mass is 378 g/mol. The summed E-state index contributed by atoms with van der Waals surface area (Å²) in [4.78, 5) is 22.5. The molecule has 0 aliphatic carbocycles. The average molecular weight is 378 g/mol. The van der Waals surface area contributed by atoms with Gasteiger partial charge >= 0.3 is 12.1 Å². The summed E-state index contributed by atoms with van der Waals surface area (Å²) in [6.07, 6.45) is -1.27. The van der Waals surface area contributed by atoms with Gasteiger partial charge in [-0.15, -0.1) is 0 Å². The standard InChI is InChI=1S/C20H17F3O4/c21-20(22,23)16-8-3-14(4-9-16)5-12-18(24)15-6-10-17(11-7-15)27-13-1-2-19(25)26/h3-12H,1-2,13H2,(H,25,26)/b12-5+. The maximum Gasteiger partial charge on any atom is 0.416 e. The molecule has 0 aliphatic heterocycles. The Bertz CT molecular complexity index is 807. The predicted molar refractivity (Wildman–Crippen MR) is 93.6 cm³/mol. The van der Waals surface area contributed by atoms with Crippen LogP contribution in [0.2, 0.25) is 0 Å². The molecule has 0 radical (unpaired) electrons.